The zero-order valence-corrected chi connectivity index (χ0v) is 15.4. The number of hydrogen-bond acceptors (Lipinski definition) is 3. The second kappa shape index (κ2) is 6.98. The molecule has 1 aromatic heterocycles. The number of aryl methyl sites for hydroxylation is 4. The topological polar surface area (TPSA) is 50.9 Å². The summed E-state index contributed by atoms with van der Waals surface area (Å²) in [6.45, 7) is 9.11. The molecule has 0 bridgehead atoms. The van der Waals surface area contributed by atoms with Crippen molar-refractivity contribution in [3.63, 3.8) is 0 Å². The van der Waals surface area contributed by atoms with Crippen molar-refractivity contribution in [2.75, 3.05) is 11.1 Å². The van der Waals surface area contributed by atoms with E-state index < -0.39 is 0 Å². The molecule has 0 saturated heterocycles. The largest absolute Gasteiger partial charge is 0.395 e. The van der Waals surface area contributed by atoms with E-state index in [0.29, 0.717) is 12.2 Å². The van der Waals surface area contributed by atoms with Crippen LogP contribution in [0, 0.1) is 27.7 Å². The van der Waals surface area contributed by atoms with E-state index in [9.17, 15) is 0 Å². The van der Waals surface area contributed by atoms with Gasteiger partial charge in [0.05, 0.1) is 5.69 Å². The van der Waals surface area contributed by atoms with Gasteiger partial charge in [-0.15, -0.1) is 0 Å². The molecule has 25 heavy (non-hydrogen) atoms. The van der Waals surface area contributed by atoms with Gasteiger partial charge in [-0.2, -0.15) is 0 Å². The van der Waals surface area contributed by atoms with E-state index in [2.05, 4.69) is 61.4 Å². The monoisotopic (exact) mass is 331 g/mol. The highest BCUT2D eigenvalue weighted by molar-refractivity contribution is 5.86. The van der Waals surface area contributed by atoms with Gasteiger partial charge in [-0.05, 0) is 56.0 Å². The molecule has 3 nitrogen and oxygen atoms in total. The molecule has 0 aliphatic rings. The van der Waals surface area contributed by atoms with Gasteiger partial charge in [0.15, 0.2) is 0 Å². The lowest BCUT2D eigenvalue weighted by Crippen LogP contribution is -2.07. The van der Waals surface area contributed by atoms with Crippen LogP contribution >= 0.6 is 0 Å². The van der Waals surface area contributed by atoms with Crippen LogP contribution in [0.15, 0.2) is 48.5 Å². The van der Waals surface area contributed by atoms with Crippen LogP contribution in [0.2, 0.25) is 0 Å². The number of benzene rings is 2. The average molecular weight is 331 g/mol. The van der Waals surface area contributed by atoms with Gasteiger partial charge in [-0.1, -0.05) is 48.0 Å². The number of aromatic nitrogens is 1. The first-order valence-electron chi connectivity index (χ1n) is 8.59. The molecule has 0 fully saturated rings. The van der Waals surface area contributed by atoms with Crippen LogP contribution in [0.5, 0.6) is 0 Å². The number of pyridine rings is 1. The Bertz CT molecular complexity index is 876. The van der Waals surface area contributed by atoms with Crippen molar-refractivity contribution in [2.24, 2.45) is 0 Å². The molecule has 128 valence electrons. The molecule has 3 N–H and O–H groups in total. The second-order valence-electron chi connectivity index (χ2n) is 6.69. The Morgan fingerprint density at radius 1 is 0.920 bits per heavy atom. The lowest BCUT2D eigenvalue weighted by atomic mass is 9.93. The molecular formula is C22H25N3. The van der Waals surface area contributed by atoms with E-state index in [4.69, 9.17) is 5.73 Å². The third kappa shape index (κ3) is 3.66. The third-order valence-corrected chi connectivity index (χ3v) is 4.44. The van der Waals surface area contributed by atoms with E-state index in [1.807, 2.05) is 25.1 Å². The highest BCUT2D eigenvalue weighted by atomic mass is 15.0. The number of rotatable bonds is 4. The van der Waals surface area contributed by atoms with Crippen LogP contribution in [0.25, 0.3) is 11.1 Å². The van der Waals surface area contributed by atoms with E-state index in [1.165, 1.54) is 27.8 Å². The van der Waals surface area contributed by atoms with Gasteiger partial charge in [-0.25, -0.2) is 4.98 Å². The van der Waals surface area contributed by atoms with Crippen molar-refractivity contribution in [3.8, 4) is 11.1 Å². The van der Waals surface area contributed by atoms with Crippen LogP contribution in [0.4, 0.5) is 11.5 Å². The van der Waals surface area contributed by atoms with Gasteiger partial charge in [0.2, 0.25) is 0 Å². The molecule has 0 radical (unpaired) electrons. The summed E-state index contributed by atoms with van der Waals surface area (Å²) in [6.07, 6.45) is 0. The predicted octanol–water partition coefficient (Wildman–Crippen LogP) is 5.18. The van der Waals surface area contributed by atoms with Crippen molar-refractivity contribution in [1.29, 1.82) is 0 Å². The maximum absolute atomic E-state index is 6.50. The zero-order chi connectivity index (χ0) is 18.0. The van der Waals surface area contributed by atoms with Crippen molar-refractivity contribution >= 4 is 11.5 Å². The van der Waals surface area contributed by atoms with Crippen LogP contribution in [-0.2, 0) is 6.54 Å². The first-order chi connectivity index (χ1) is 12.0. The smallest absolute Gasteiger partial charge is 0.150 e. The van der Waals surface area contributed by atoms with Gasteiger partial charge < -0.3 is 11.1 Å². The maximum atomic E-state index is 6.50. The summed E-state index contributed by atoms with van der Waals surface area (Å²) >= 11 is 0. The molecule has 1 heterocycles. The van der Waals surface area contributed by atoms with E-state index >= 15 is 0 Å². The van der Waals surface area contributed by atoms with Gasteiger partial charge >= 0.3 is 0 Å². The fourth-order valence-corrected chi connectivity index (χ4v) is 3.41. The molecule has 2 aromatic carbocycles. The minimum absolute atomic E-state index is 0.701. The standard InChI is InChI=1S/C22H25N3/c1-14-10-15(2)20(16(3)11-14)19-12-17(4)25-22(21(19)23)24-13-18-8-6-5-7-9-18/h5-12H,13,23H2,1-4H3,(H,24,25). The zero-order valence-electron chi connectivity index (χ0n) is 15.4. The molecule has 0 spiro atoms. The number of anilines is 2. The Hall–Kier alpha value is -2.81. The molecular weight excluding hydrogens is 306 g/mol. The molecule has 3 rings (SSSR count). The molecule has 0 aliphatic carbocycles. The number of nitrogen functional groups attached to an aromatic ring is 1. The predicted molar refractivity (Wildman–Crippen MR) is 107 cm³/mol. The van der Waals surface area contributed by atoms with Crippen molar-refractivity contribution in [2.45, 2.75) is 34.2 Å². The summed E-state index contributed by atoms with van der Waals surface area (Å²) in [6, 6.07) is 16.8. The number of nitrogens with zero attached hydrogens (tertiary/aromatic N) is 1. The summed E-state index contributed by atoms with van der Waals surface area (Å²) in [4.78, 5) is 4.61. The minimum Gasteiger partial charge on any atom is -0.395 e. The summed E-state index contributed by atoms with van der Waals surface area (Å²) < 4.78 is 0. The molecule has 0 saturated carbocycles. The van der Waals surface area contributed by atoms with Gasteiger partial charge in [0.25, 0.3) is 0 Å². The first-order valence-corrected chi connectivity index (χ1v) is 8.59. The van der Waals surface area contributed by atoms with E-state index in [1.54, 1.807) is 0 Å². The van der Waals surface area contributed by atoms with Gasteiger partial charge in [0.1, 0.15) is 5.82 Å². The Kier molecular flexibility index (Phi) is 4.75. The summed E-state index contributed by atoms with van der Waals surface area (Å²) in [5.41, 5.74) is 15.4. The van der Waals surface area contributed by atoms with E-state index in [0.717, 1.165) is 17.1 Å². The normalized spacial score (nSPS) is 10.7. The summed E-state index contributed by atoms with van der Waals surface area (Å²) in [7, 11) is 0. The SMILES string of the molecule is Cc1cc(C)c(-c2cc(C)nc(NCc3ccccc3)c2N)c(C)c1. The van der Waals surface area contributed by atoms with Crippen LogP contribution in [-0.4, -0.2) is 4.98 Å². The number of nitrogens with one attached hydrogen (secondary N) is 1. The third-order valence-electron chi connectivity index (χ3n) is 4.44. The fourth-order valence-electron chi connectivity index (χ4n) is 3.41. The van der Waals surface area contributed by atoms with E-state index in [-0.39, 0.29) is 0 Å². The average Bonchev–Trinajstić information content (AvgIpc) is 2.56. The molecule has 0 aliphatic heterocycles. The quantitative estimate of drug-likeness (QED) is 0.693. The lowest BCUT2D eigenvalue weighted by Gasteiger charge is -2.17. The molecule has 3 heteroatoms. The lowest BCUT2D eigenvalue weighted by molar-refractivity contribution is 1.09. The van der Waals surface area contributed by atoms with Crippen LogP contribution in [0.1, 0.15) is 27.9 Å². The molecule has 3 aromatic rings. The highest BCUT2D eigenvalue weighted by Gasteiger charge is 2.14. The Morgan fingerprint density at radius 2 is 1.56 bits per heavy atom. The Morgan fingerprint density at radius 3 is 2.20 bits per heavy atom. The Labute approximate surface area is 149 Å². The minimum atomic E-state index is 0.701. The van der Waals surface area contributed by atoms with Crippen LogP contribution in [0.3, 0.4) is 0 Å². The fraction of sp³-hybridized carbons (Fsp3) is 0.227. The van der Waals surface area contributed by atoms with Crippen molar-refractivity contribution in [1.82, 2.24) is 4.98 Å². The Balaban J connectivity index is 2.01. The van der Waals surface area contributed by atoms with Crippen molar-refractivity contribution in [3.05, 3.63) is 76.5 Å². The molecule has 0 atom stereocenters. The first kappa shape index (κ1) is 17.0. The highest BCUT2D eigenvalue weighted by Crippen LogP contribution is 2.36. The van der Waals surface area contributed by atoms with Gasteiger partial charge in [-0.3, -0.25) is 0 Å². The van der Waals surface area contributed by atoms with Crippen molar-refractivity contribution < 1.29 is 0 Å². The number of hydrogen-bond donors (Lipinski definition) is 2. The number of nitrogens with two attached hydrogens (primary N) is 1. The second-order valence-corrected chi connectivity index (χ2v) is 6.69. The molecule has 0 unspecified atom stereocenters. The summed E-state index contributed by atoms with van der Waals surface area (Å²) in [5.74, 6) is 0.748. The van der Waals surface area contributed by atoms with Gasteiger partial charge in [0, 0.05) is 17.8 Å². The summed E-state index contributed by atoms with van der Waals surface area (Å²) in [5, 5.41) is 3.39. The maximum Gasteiger partial charge on any atom is 0.150 e. The van der Waals surface area contributed by atoms with Crippen LogP contribution < -0.4 is 11.1 Å². The molecule has 0 amide bonds.